The molecule has 0 saturated heterocycles. The molecule has 148 valence electrons. The number of benzene rings is 1. The number of anilines is 1. The number of hydrogen-bond acceptors (Lipinski definition) is 6. The van der Waals surface area contributed by atoms with Crippen molar-refractivity contribution in [3.63, 3.8) is 0 Å². The number of carbonyl (C=O) groups excluding carboxylic acids is 1. The predicted octanol–water partition coefficient (Wildman–Crippen LogP) is 2.12. The summed E-state index contributed by atoms with van der Waals surface area (Å²) in [5.74, 6) is -0.890. The highest BCUT2D eigenvalue weighted by Gasteiger charge is 2.40. The molecule has 1 atom stereocenters. The Labute approximate surface area is 158 Å². The molecular weight excluding hydrogens is 377 g/mol. The van der Waals surface area contributed by atoms with Crippen molar-refractivity contribution in [2.75, 3.05) is 11.9 Å². The first-order valence-corrected chi connectivity index (χ1v) is 8.21. The Hall–Kier alpha value is -3.14. The lowest BCUT2D eigenvalue weighted by atomic mass is 9.98. The zero-order valence-corrected chi connectivity index (χ0v) is 14.7. The van der Waals surface area contributed by atoms with E-state index in [9.17, 15) is 23.1 Å². The van der Waals surface area contributed by atoms with Crippen LogP contribution in [0.2, 0.25) is 0 Å². The third kappa shape index (κ3) is 3.77. The van der Waals surface area contributed by atoms with E-state index in [1.165, 1.54) is 24.5 Å². The van der Waals surface area contributed by atoms with Gasteiger partial charge in [0.05, 0.1) is 23.4 Å². The second-order valence-corrected chi connectivity index (χ2v) is 6.50. The third-order valence-corrected chi connectivity index (χ3v) is 4.23. The van der Waals surface area contributed by atoms with Crippen molar-refractivity contribution in [1.29, 1.82) is 0 Å². The average molecular weight is 394 g/mol. The number of ether oxygens (including phenoxy) is 1. The van der Waals surface area contributed by atoms with Gasteiger partial charge in [0.15, 0.2) is 5.82 Å². The minimum Gasteiger partial charge on any atom is -0.485 e. The smallest absolute Gasteiger partial charge is 0.418 e. The maximum atomic E-state index is 13.5. The van der Waals surface area contributed by atoms with E-state index in [4.69, 9.17) is 10.5 Å². The van der Waals surface area contributed by atoms with E-state index in [0.717, 1.165) is 12.3 Å². The maximum absolute atomic E-state index is 13.5. The molecule has 0 bridgehead atoms. The minimum atomic E-state index is -4.74. The molecule has 0 fully saturated rings. The summed E-state index contributed by atoms with van der Waals surface area (Å²) < 4.78 is 46.0. The summed E-state index contributed by atoms with van der Waals surface area (Å²) in [5, 5.41) is 11.7. The fraction of sp³-hybridized carbons (Fsp3) is 0.278. The number of nitrogens with two attached hydrogens (primary N) is 1. The fourth-order valence-electron chi connectivity index (χ4n) is 2.87. The summed E-state index contributed by atoms with van der Waals surface area (Å²) >= 11 is 0. The van der Waals surface area contributed by atoms with Gasteiger partial charge in [0, 0.05) is 30.6 Å². The van der Waals surface area contributed by atoms with E-state index in [1.54, 1.807) is 6.92 Å². The first kappa shape index (κ1) is 19.6. The van der Waals surface area contributed by atoms with Gasteiger partial charge in [-0.1, -0.05) is 0 Å². The molecule has 1 aliphatic rings. The van der Waals surface area contributed by atoms with Crippen molar-refractivity contribution in [2.24, 2.45) is 5.73 Å². The molecule has 0 unspecified atom stereocenters. The summed E-state index contributed by atoms with van der Waals surface area (Å²) in [4.78, 5) is 20.3. The van der Waals surface area contributed by atoms with Crippen LogP contribution in [-0.2, 0) is 17.4 Å². The van der Waals surface area contributed by atoms with Crippen LogP contribution in [0.25, 0.3) is 5.57 Å². The highest BCUT2D eigenvalue weighted by Crippen LogP contribution is 2.43. The number of rotatable bonds is 4. The van der Waals surface area contributed by atoms with Crippen molar-refractivity contribution in [1.82, 2.24) is 9.97 Å². The lowest BCUT2D eigenvalue weighted by Crippen LogP contribution is -2.34. The Bertz CT molecular complexity index is 932. The first-order valence-electron chi connectivity index (χ1n) is 8.21. The second-order valence-electron chi connectivity index (χ2n) is 6.50. The van der Waals surface area contributed by atoms with E-state index in [0.29, 0.717) is 5.56 Å². The van der Waals surface area contributed by atoms with Gasteiger partial charge in [-0.25, -0.2) is 9.97 Å². The fourth-order valence-corrected chi connectivity index (χ4v) is 2.87. The number of hydrogen-bond donors (Lipinski definition) is 3. The minimum absolute atomic E-state index is 0.0165. The molecule has 0 aliphatic carbocycles. The Balaban J connectivity index is 1.98. The van der Waals surface area contributed by atoms with E-state index in [2.05, 4.69) is 15.3 Å². The quantitative estimate of drug-likeness (QED) is 0.685. The Kier molecular flexibility index (Phi) is 4.99. The van der Waals surface area contributed by atoms with Crippen LogP contribution < -0.4 is 15.8 Å². The number of nitrogens with zero attached hydrogens (tertiary/aromatic N) is 2. The summed E-state index contributed by atoms with van der Waals surface area (Å²) in [6.45, 7) is 1.22. The summed E-state index contributed by atoms with van der Waals surface area (Å²) in [5.41, 5.74) is 3.17. The maximum Gasteiger partial charge on any atom is 0.418 e. The third-order valence-electron chi connectivity index (χ3n) is 4.23. The molecule has 4 N–H and O–H groups in total. The molecule has 0 radical (unpaired) electrons. The number of amides is 1. The molecule has 3 rings (SSSR count). The van der Waals surface area contributed by atoms with Gasteiger partial charge >= 0.3 is 6.18 Å². The molecule has 1 aromatic heterocycles. The van der Waals surface area contributed by atoms with Gasteiger partial charge in [0.1, 0.15) is 11.4 Å². The number of nitrogens with one attached hydrogen (secondary N) is 1. The van der Waals surface area contributed by atoms with Crippen LogP contribution in [0.1, 0.15) is 23.9 Å². The van der Waals surface area contributed by atoms with Gasteiger partial charge in [-0.3, -0.25) is 4.79 Å². The lowest BCUT2D eigenvalue weighted by Gasteiger charge is -2.20. The van der Waals surface area contributed by atoms with E-state index >= 15 is 0 Å². The van der Waals surface area contributed by atoms with Crippen LogP contribution in [-0.4, -0.2) is 33.2 Å². The highest BCUT2D eigenvalue weighted by molar-refractivity contribution is 6.24. The van der Waals surface area contributed by atoms with Crippen LogP contribution in [0, 0.1) is 0 Å². The molecule has 1 amide bonds. The number of carbonyl (C=O) groups is 1. The number of halogens is 3. The van der Waals surface area contributed by atoms with Gasteiger partial charge in [-0.2, -0.15) is 13.2 Å². The molecule has 10 heteroatoms. The highest BCUT2D eigenvalue weighted by atomic mass is 19.4. The number of alkyl halides is 3. The van der Waals surface area contributed by atoms with E-state index in [-0.39, 0.29) is 30.2 Å². The molecule has 2 aromatic rings. The van der Waals surface area contributed by atoms with Crippen LogP contribution in [0.5, 0.6) is 5.75 Å². The van der Waals surface area contributed by atoms with Crippen LogP contribution in [0.3, 0.4) is 0 Å². The van der Waals surface area contributed by atoms with E-state index in [1.807, 2.05) is 0 Å². The number of aliphatic hydroxyl groups excluding tert-OH is 1. The largest absolute Gasteiger partial charge is 0.485 e. The van der Waals surface area contributed by atoms with Crippen molar-refractivity contribution in [3.8, 4) is 5.75 Å². The van der Waals surface area contributed by atoms with E-state index < -0.39 is 28.9 Å². The van der Waals surface area contributed by atoms with Crippen molar-refractivity contribution in [3.05, 3.63) is 53.7 Å². The summed E-state index contributed by atoms with van der Waals surface area (Å²) in [6, 6.07) is 3.53. The van der Waals surface area contributed by atoms with Gasteiger partial charge < -0.3 is 20.9 Å². The summed E-state index contributed by atoms with van der Waals surface area (Å²) in [6.07, 6.45) is -0.862. The van der Waals surface area contributed by atoms with Crippen LogP contribution >= 0.6 is 0 Å². The molecular formula is C18H17F3N4O3. The standard InChI is InChI=1S/C18H17F3N4O3/c1-17(9-26)7-10-5-13(12(18(19,20)21)6-14(10)28-17)25-16(27)11(8-22)15-23-3-2-4-24-15/h2-6,8,26H,7,9,22H2,1H3,(H,25,27)/t17-/m0/s1. The van der Waals surface area contributed by atoms with Gasteiger partial charge in [0.25, 0.3) is 5.91 Å². The Morgan fingerprint density at radius 1 is 1.39 bits per heavy atom. The topological polar surface area (TPSA) is 110 Å². The number of fused-ring (bicyclic) bond motifs is 1. The predicted molar refractivity (Wildman–Crippen MR) is 94.1 cm³/mol. The van der Waals surface area contributed by atoms with Crippen LogP contribution in [0.15, 0.2) is 36.8 Å². The molecule has 7 nitrogen and oxygen atoms in total. The van der Waals surface area contributed by atoms with Gasteiger partial charge in [-0.05, 0) is 25.1 Å². The zero-order valence-electron chi connectivity index (χ0n) is 14.7. The Morgan fingerprint density at radius 3 is 2.64 bits per heavy atom. The van der Waals surface area contributed by atoms with Crippen molar-refractivity contribution in [2.45, 2.75) is 25.1 Å². The van der Waals surface area contributed by atoms with Crippen molar-refractivity contribution < 1.29 is 27.8 Å². The SMILES string of the molecule is C[C@@]1(CO)Cc2cc(NC(=O)C(=CN)c3ncccn3)c(C(F)(F)F)cc2O1. The molecule has 0 saturated carbocycles. The van der Waals surface area contributed by atoms with Crippen LogP contribution in [0.4, 0.5) is 18.9 Å². The zero-order chi connectivity index (χ0) is 20.5. The summed E-state index contributed by atoms with van der Waals surface area (Å²) in [7, 11) is 0. The lowest BCUT2D eigenvalue weighted by molar-refractivity contribution is -0.137. The molecule has 28 heavy (non-hydrogen) atoms. The van der Waals surface area contributed by atoms with Crippen molar-refractivity contribution >= 4 is 17.2 Å². The average Bonchev–Trinajstić information content (AvgIpc) is 2.98. The monoisotopic (exact) mass is 394 g/mol. The Morgan fingerprint density at radius 2 is 2.07 bits per heavy atom. The molecule has 1 aromatic carbocycles. The number of aliphatic hydroxyl groups is 1. The first-order chi connectivity index (χ1) is 13.2. The second kappa shape index (κ2) is 7.12. The molecule has 0 spiro atoms. The number of aromatic nitrogens is 2. The van der Waals surface area contributed by atoms with Gasteiger partial charge in [-0.15, -0.1) is 0 Å². The molecule has 2 heterocycles. The normalized spacial score (nSPS) is 19.1. The molecule has 1 aliphatic heterocycles. The van der Waals surface area contributed by atoms with Gasteiger partial charge in [0.2, 0.25) is 0 Å².